The Hall–Kier alpha value is -4.27. The largest absolute Gasteiger partial charge is 0.494 e. The van der Waals surface area contributed by atoms with Crippen molar-refractivity contribution >= 4 is 5.97 Å². The lowest BCUT2D eigenvalue weighted by molar-refractivity contribution is -0.136. The first-order valence-corrected chi connectivity index (χ1v) is 14.1. The van der Waals surface area contributed by atoms with Crippen LogP contribution in [0.1, 0.15) is 69.2 Å². The second-order valence-corrected chi connectivity index (χ2v) is 11.1. The molecule has 0 saturated heterocycles. The van der Waals surface area contributed by atoms with Crippen molar-refractivity contribution in [3.8, 4) is 17.1 Å². The average Bonchev–Trinajstić information content (AvgIpc) is 3.23. The molecule has 2 heterocycles. The molecule has 4 rings (SSSR count). The molecular weight excluding hydrogens is 518 g/mol. The SMILES string of the molecule is CCOc1ccc(-c2nccc(CCCc3nn(Cc4ccc(C(C)(C)C)cc4)c(=O)n3CC)n2)cc1CC(=O)O. The minimum absolute atomic E-state index is 0.0777. The molecule has 0 radical (unpaired) electrons. The standard InChI is InChI=1S/C32H39N5O4/c1-6-36-28(35-37(31(36)40)21-22-11-14-25(15-12-22)32(3,4)5)10-8-9-26-17-18-33-30(34-26)23-13-16-27(41-7-2)24(19-23)20-29(38)39/h11-19H,6-10,20-21H2,1-5H3,(H,38,39). The van der Waals surface area contributed by atoms with E-state index in [2.05, 4.69) is 55.1 Å². The van der Waals surface area contributed by atoms with E-state index in [0.29, 0.717) is 49.7 Å². The third kappa shape index (κ3) is 7.48. The quantitative estimate of drug-likeness (QED) is 0.259. The fourth-order valence-corrected chi connectivity index (χ4v) is 4.79. The van der Waals surface area contributed by atoms with Crippen molar-refractivity contribution in [1.29, 1.82) is 0 Å². The van der Waals surface area contributed by atoms with Crippen LogP contribution in [0.5, 0.6) is 5.75 Å². The number of aryl methyl sites for hydroxylation is 2. The van der Waals surface area contributed by atoms with Gasteiger partial charge < -0.3 is 9.84 Å². The zero-order valence-corrected chi connectivity index (χ0v) is 24.6. The third-order valence-electron chi connectivity index (χ3n) is 6.97. The summed E-state index contributed by atoms with van der Waals surface area (Å²) >= 11 is 0. The molecule has 0 aliphatic carbocycles. The molecule has 9 nitrogen and oxygen atoms in total. The maximum atomic E-state index is 13.0. The molecule has 0 spiro atoms. The van der Waals surface area contributed by atoms with Gasteiger partial charge in [-0.05, 0) is 67.5 Å². The van der Waals surface area contributed by atoms with Crippen LogP contribution in [-0.2, 0) is 42.6 Å². The number of carboxylic acid groups (broad SMARTS) is 1. The molecule has 0 unspecified atom stereocenters. The zero-order valence-electron chi connectivity index (χ0n) is 24.6. The number of carbonyl (C=O) groups is 1. The number of benzene rings is 2. The normalized spacial score (nSPS) is 11.5. The lowest BCUT2D eigenvalue weighted by Gasteiger charge is -2.19. The summed E-state index contributed by atoms with van der Waals surface area (Å²) in [4.78, 5) is 33.5. The fourth-order valence-electron chi connectivity index (χ4n) is 4.79. The average molecular weight is 558 g/mol. The van der Waals surface area contributed by atoms with Gasteiger partial charge in [-0.15, -0.1) is 0 Å². The Labute approximate surface area is 240 Å². The number of hydrogen-bond donors (Lipinski definition) is 1. The molecular formula is C32H39N5O4. The Morgan fingerprint density at radius 3 is 2.44 bits per heavy atom. The van der Waals surface area contributed by atoms with Gasteiger partial charge in [-0.1, -0.05) is 45.0 Å². The third-order valence-corrected chi connectivity index (χ3v) is 6.97. The molecule has 0 fully saturated rings. The van der Waals surface area contributed by atoms with Gasteiger partial charge in [0, 0.05) is 36.0 Å². The predicted octanol–water partition coefficient (Wildman–Crippen LogP) is 5.07. The molecule has 4 aromatic rings. The van der Waals surface area contributed by atoms with E-state index in [4.69, 9.17) is 9.72 Å². The van der Waals surface area contributed by atoms with E-state index >= 15 is 0 Å². The molecule has 2 aromatic heterocycles. The Morgan fingerprint density at radius 2 is 1.78 bits per heavy atom. The molecule has 0 amide bonds. The Bertz CT molecular complexity index is 1550. The van der Waals surface area contributed by atoms with E-state index in [-0.39, 0.29) is 17.5 Å². The van der Waals surface area contributed by atoms with Gasteiger partial charge in [0.05, 0.1) is 19.6 Å². The Morgan fingerprint density at radius 1 is 1.02 bits per heavy atom. The number of aromatic nitrogens is 5. The van der Waals surface area contributed by atoms with E-state index in [1.165, 1.54) is 5.56 Å². The summed E-state index contributed by atoms with van der Waals surface area (Å²) in [5.74, 6) is 0.926. The van der Waals surface area contributed by atoms with Gasteiger partial charge >= 0.3 is 11.7 Å². The summed E-state index contributed by atoms with van der Waals surface area (Å²) in [5, 5.41) is 14.0. The summed E-state index contributed by atoms with van der Waals surface area (Å²) in [6.07, 6.45) is 3.67. The maximum Gasteiger partial charge on any atom is 0.346 e. The molecule has 0 aliphatic heterocycles. The molecule has 216 valence electrons. The molecule has 9 heteroatoms. The van der Waals surface area contributed by atoms with Gasteiger partial charge in [0.1, 0.15) is 11.6 Å². The highest BCUT2D eigenvalue weighted by Gasteiger charge is 2.16. The second kappa shape index (κ2) is 12.9. The van der Waals surface area contributed by atoms with E-state index in [1.54, 1.807) is 27.6 Å². The summed E-state index contributed by atoms with van der Waals surface area (Å²) in [6.45, 7) is 11.8. The number of ether oxygens (including phenoxy) is 1. The zero-order chi connectivity index (χ0) is 29.6. The van der Waals surface area contributed by atoms with Gasteiger partial charge in [0.15, 0.2) is 5.82 Å². The molecule has 41 heavy (non-hydrogen) atoms. The number of hydrogen-bond acceptors (Lipinski definition) is 6. The molecule has 1 N–H and O–H groups in total. The van der Waals surface area contributed by atoms with Crippen molar-refractivity contribution in [2.45, 2.75) is 78.8 Å². The van der Waals surface area contributed by atoms with E-state index < -0.39 is 5.97 Å². The van der Waals surface area contributed by atoms with Crippen molar-refractivity contribution in [2.24, 2.45) is 0 Å². The summed E-state index contributed by atoms with van der Waals surface area (Å²) in [7, 11) is 0. The maximum absolute atomic E-state index is 13.0. The minimum Gasteiger partial charge on any atom is -0.494 e. The first-order valence-electron chi connectivity index (χ1n) is 14.1. The highest BCUT2D eigenvalue weighted by molar-refractivity contribution is 5.73. The van der Waals surface area contributed by atoms with E-state index in [0.717, 1.165) is 29.1 Å². The van der Waals surface area contributed by atoms with Crippen LogP contribution in [0, 0.1) is 0 Å². The monoisotopic (exact) mass is 557 g/mol. The topological polar surface area (TPSA) is 112 Å². The number of nitrogens with zero attached hydrogens (tertiary/aromatic N) is 5. The van der Waals surface area contributed by atoms with Crippen LogP contribution in [-0.4, -0.2) is 42.0 Å². The first kappa shape index (κ1) is 29.7. The summed E-state index contributed by atoms with van der Waals surface area (Å²) in [6, 6.07) is 15.6. The number of aliphatic carboxylic acids is 1. The number of carboxylic acids is 1. The van der Waals surface area contributed by atoms with Crippen LogP contribution in [0.3, 0.4) is 0 Å². The fraction of sp³-hybridized carbons (Fsp3) is 0.406. The summed E-state index contributed by atoms with van der Waals surface area (Å²) < 4.78 is 8.88. The van der Waals surface area contributed by atoms with Crippen molar-refractivity contribution in [1.82, 2.24) is 24.3 Å². The predicted molar refractivity (Wildman–Crippen MR) is 158 cm³/mol. The van der Waals surface area contributed by atoms with Crippen LogP contribution in [0.4, 0.5) is 0 Å². The van der Waals surface area contributed by atoms with Crippen molar-refractivity contribution in [3.63, 3.8) is 0 Å². The van der Waals surface area contributed by atoms with Crippen LogP contribution in [0.15, 0.2) is 59.5 Å². The van der Waals surface area contributed by atoms with E-state index in [9.17, 15) is 14.7 Å². The van der Waals surface area contributed by atoms with Gasteiger partial charge in [-0.25, -0.2) is 19.4 Å². The summed E-state index contributed by atoms with van der Waals surface area (Å²) in [5.41, 5.74) is 4.47. The van der Waals surface area contributed by atoms with Gasteiger partial charge in [0.2, 0.25) is 0 Å². The van der Waals surface area contributed by atoms with Crippen LogP contribution >= 0.6 is 0 Å². The van der Waals surface area contributed by atoms with Gasteiger partial charge in [-0.2, -0.15) is 5.10 Å². The highest BCUT2D eigenvalue weighted by Crippen LogP contribution is 2.26. The molecule has 0 aliphatic rings. The van der Waals surface area contributed by atoms with Crippen LogP contribution < -0.4 is 10.4 Å². The van der Waals surface area contributed by atoms with Crippen molar-refractivity contribution in [3.05, 3.63) is 93.4 Å². The Kier molecular flexibility index (Phi) is 9.37. The first-order chi connectivity index (χ1) is 19.6. The molecule has 2 aromatic carbocycles. The van der Waals surface area contributed by atoms with Crippen LogP contribution in [0.25, 0.3) is 11.4 Å². The van der Waals surface area contributed by atoms with Gasteiger partial charge in [-0.3, -0.25) is 9.36 Å². The molecule has 0 saturated carbocycles. The lowest BCUT2D eigenvalue weighted by Crippen LogP contribution is -2.25. The molecule has 0 atom stereocenters. The van der Waals surface area contributed by atoms with Crippen molar-refractivity contribution < 1.29 is 14.6 Å². The smallest absolute Gasteiger partial charge is 0.346 e. The number of rotatable bonds is 12. The molecule has 0 bridgehead atoms. The minimum atomic E-state index is -0.927. The van der Waals surface area contributed by atoms with E-state index in [1.807, 2.05) is 26.0 Å². The van der Waals surface area contributed by atoms with Crippen molar-refractivity contribution in [2.75, 3.05) is 6.61 Å². The Balaban J connectivity index is 1.45. The van der Waals surface area contributed by atoms with Gasteiger partial charge in [0.25, 0.3) is 0 Å². The highest BCUT2D eigenvalue weighted by atomic mass is 16.5. The van der Waals surface area contributed by atoms with Crippen LogP contribution in [0.2, 0.25) is 0 Å². The lowest BCUT2D eigenvalue weighted by atomic mass is 9.87. The second-order valence-electron chi connectivity index (χ2n) is 11.1.